The maximum absolute atomic E-state index is 14.8. The number of guanidine groups is 1. The van der Waals surface area contributed by atoms with Gasteiger partial charge < -0.3 is 15.0 Å². The summed E-state index contributed by atoms with van der Waals surface area (Å²) < 4.78 is 74.0. The van der Waals surface area contributed by atoms with Crippen LogP contribution in [-0.4, -0.2) is 52.6 Å². The molecular weight excluding hydrogens is 489 g/mol. The van der Waals surface area contributed by atoms with Crippen molar-refractivity contribution in [3.63, 3.8) is 0 Å². The fraction of sp³-hybridized carbons (Fsp3) is 0.217. The number of esters is 1. The number of amides is 1. The smallest absolute Gasteiger partial charge is 0.406 e. The van der Waals surface area contributed by atoms with Crippen LogP contribution < -0.4 is 5.73 Å². The molecule has 0 bridgehead atoms. The first-order valence-electron chi connectivity index (χ1n) is 10.3. The second kappa shape index (κ2) is 8.73. The first kappa shape index (κ1) is 24.8. The molecule has 1 amide bonds. The van der Waals surface area contributed by atoms with E-state index in [1.807, 2.05) is 0 Å². The molecule has 1 aliphatic heterocycles. The van der Waals surface area contributed by atoms with E-state index < -0.39 is 47.6 Å². The van der Waals surface area contributed by atoms with E-state index >= 15 is 0 Å². The predicted octanol–water partition coefficient (Wildman–Crippen LogP) is 3.21. The molecule has 1 aromatic carbocycles. The number of benzene rings is 1. The highest BCUT2D eigenvalue weighted by Gasteiger charge is 2.51. The first-order chi connectivity index (χ1) is 16.9. The van der Waals surface area contributed by atoms with Gasteiger partial charge >= 0.3 is 12.1 Å². The second-order valence-electron chi connectivity index (χ2n) is 7.93. The number of hydrogen-bond donors (Lipinski definition) is 1. The number of alkyl halides is 3. The molecule has 0 saturated carbocycles. The SMILES string of the molecule is COC(=O)c1cc(C2(c3ccc(F)c(-c4cccnc4F)c3)N=C(N)N(C)C2=O)cn1CC(F)(F)F. The number of pyridine rings is 1. The zero-order chi connectivity index (χ0) is 26.4. The lowest BCUT2D eigenvalue weighted by molar-refractivity contribution is -0.140. The molecule has 0 radical (unpaired) electrons. The van der Waals surface area contributed by atoms with Gasteiger partial charge in [0, 0.05) is 36.1 Å². The summed E-state index contributed by atoms with van der Waals surface area (Å²) in [4.78, 5) is 34.4. The average molecular weight is 507 g/mol. The van der Waals surface area contributed by atoms with Gasteiger partial charge in [-0.1, -0.05) is 6.07 Å². The Balaban J connectivity index is 1.99. The maximum atomic E-state index is 14.8. The lowest BCUT2D eigenvalue weighted by Gasteiger charge is -2.25. The Bertz CT molecular complexity index is 1400. The Morgan fingerprint density at radius 3 is 2.44 bits per heavy atom. The lowest BCUT2D eigenvalue weighted by atomic mass is 9.82. The summed E-state index contributed by atoms with van der Waals surface area (Å²) in [5, 5.41) is 0. The topological polar surface area (TPSA) is 103 Å². The number of rotatable bonds is 5. The Morgan fingerprint density at radius 2 is 1.86 bits per heavy atom. The third kappa shape index (κ3) is 4.06. The van der Waals surface area contributed by atoms with Gasteiger partial charge in [0.1, 0.15) is 18.1 Å². The molecule has 0 spiro atoms. The summed E-state index contributed by atoms with van der Waals surface area (Å²) in [6.45, 7) is -1.56. The monoisotopic (exact) mass is 507 g/mol. The van der Waals surface area contributed by atoms with Crippen molar-refractivity contribution in [2.75, 3.05) is 14.2 Å². The number of likely N-dealkylation sites (N-methyl/N-ethyl adjacent to an activating group) is 1. The molecule has 2 aromatic heterocycles. The minimum atomic E-state index is -4.72. The number of carbonyl (C=O) groups excluding carboxylic acids is 2. The Morgan fingerprint density at radius 1 is 1.14 bits per heavy atom. The first-order valence-corrected chi connectivity index (χ1v) is 10.3. The molecule has 3 heterocycles. The highest BCUT2D eigenvalue weighted by Crippen LogP contribution is 2.42. The number of aliphatic imine (C=N–C) groups is 1. The number of carbonyl (C=O) groups is 2. The van der Waals surface area contributed by atoms with Gasteiger partial charge in [-0.25, -0.2) is 19.2 Å². The van der Waals surface area contributed by atoms with E-state index in [-0.39, 0.29) is 28.2 Å². The van der Waals surface area contributed by atoms with Crippen LogP contribution in [0.3, 0.4) is 0 Å². The number of aromatic nitrogens is 2. The lowest BCUT2D eigenvalue weighted by Crippen LogP contribution is -2.41. The summed E-state index contributed by atoms with van der Waals surface area (Å²) in [6.07, 6.45) is -2.62. The molecule has 1 unspecified atom stereocenters. The minimum absolute atomic E-state index is 0.0278. The van der Waals surface area contributed by atoms with E-state index in [2.05, 4.69) is 14.7 Å². The molecule has 1 aliphatic rings. The molecule has 0 aliphatic carbocycles. The summed E-state index contributed by atoms with van der Waals surface area (Å²) in [5.74, 6) is -3.98. The van der Waals surface area contributed by atoms with Crippen LogP contribution in [0.4, 0.5) is 22.0 Å². The van der Waals surface area contributed by atoms with Gasteiger partial charge in [-0.15, -0.1) is 0 Å². The van der Waals surface area contributed by atoms with Gasteiger partial charge in [-0.05, 0) is 35.9 Å². The van der Waals surface area contributed by atoms with Crippen LogP contribution in [0.25, 0.3) is 11.1 Å². The zero-order valence-electron chi connectivity index (χ0n) is 18.8. The van der Waals surface area contributed by atoms with Crippen molar-refractivity contribution in [3.8, 4) is 11.1 Å². The molecule has 13 heteroatoms. The maximum Gasteiger partial charge on any atom is 0.406 e. The largest absolute Gasteiger partial charge is 0.464 e. The number of hydrogen-bond acceptors (Lipinski definition) is 6. The number of ether oxygens (including phenoxy) is 1. The Hall–Kier alpha value is -4.29. The molecule has 188 valence electrons. The van der Waals surface area contributed by atoms with E-state index in [1.165, 1.54) is 31.4 Å². The molecule has 0 fully saturated rings. The summed E-state index contributed by atoms with van der Waals surface area (Å²) in [6, 6.07) is 6.96. The van der Waals surface area contributed by atoms with Crippen molar-refractivity contribution in [2.45, 2.75) is 18.3 Å². The normalized spacial score (nSPS) is 17.9. The van der Waals surface area contributed by atoms with E-state index in [4.69, 9.17) is 5.73 Å². The zero-order valence-corrected chi connectivity index (χ0v) is 18.8. The molecule has 36 heavy (non-hydrogen) atoms. The van der Waals surface area contributed by atoms with Crippen molar-refractivity contribution in [1.82, 2.24) is 14.5 Å². The third-order valence-electron chi connectivity index (χ3n) is 5.73. The van der Waals surface area contributed by atoms with Gasteiger partial charge in [-0.2, -0.15) is 17.6 Å². The molecule has 8 nitrogen and oxygen atoms in total. The van der Waals surface area contributed by atoms with Gasteiger partial charge in [-0.3, -0.25) is 9.69 Å². The summed E-state index contributed by atoms with van der Waals surface area (Å²) in [7, 11) is 2.28. The van der Waals surface area contributed by atoms with Crippen LogP contribution in [0.2, 0.25) is 0 Å². The van der Waals surface area contributed by atoms with E-state index in [0.717, 1.165) is 36.4 Å². The fourth-order valence-electron chi connectivity index (χ4n) is 4.04. The molecule has 2 N–H and O–H groups in total. The van der Waals surface area contributed by atoms with Crippen molar-refractivity contribution in [1.29, 1.82) is 0 Å². The van der Waals surface area contributed by atoms with E-state index in [0.29, 0.717) is 4.57 Å². The Labute approximate surface area is 200 Å². The summed E-state index contributed by atoms with van der Waals surface area (Å²) in [5.41, 5.74) is 2.62. The predicted molar refractivity (Wildman–Crippen MR) is 117 cm³/mol. The molecular formula is C23H18F5N5O3. The highest BCUT2D eigenvalue weighted by atomic mass is 19.4. The van der Waals surface area contributed by atoms with Crippen LogP contribution in [0, 0.1) is 11.8 Å². The quantitative estimate of drug-likeness (QED) is 0.325. The Kier molecular flexibility index (Phi) is 6.02. The number of nitrogens with zero attached hydrogens (tertiary/aromatic N) is 4. The fourth-order valence-corrected chi connectivity index (χ4v) is 4.04. The molecule has 1 atom stereocenters. The molecule has 4 rings (SSSR count). The number of halogens is 5. The van der Waals surface area contributed by atoms with Crippen molar-refractivity contribution >= 4 is 17.8 Å². The number of methoxy groups -OCH3 is 1. The van der Waals surface area contributed by atoms with Crippen LogP contribution in [0.15, 0.2) is 53.8 Å². The van der Waals surface area contributed by atoms with Crippen LogP contribution >= 0.6 is 0 Å². The van der Waals surface area contributed by atoms with Crippen molar-refractivity contribution in [3.05, 3.63) is 77.4 Å². The second-order valence-corrected chi connectivity index (χ2v) is 7.93. The van der Waals surface area contributed by atoms with Gasteiger partial charge in [0.2, 0.25) is 5.95 Å². The van der Waals surface area contributed by atoms with Crippen molar-refractivity contribution in [2.24, 2.45) is 10.7 Å². The van der Waals surface area contributed by atoms with E-state index in [9.17, 15) is 31.5 Å². The highest BCUT2D eigenvalue weighted by molar-refractivity contribution is 6.09. The average Bonchev–Trinajstić information content (AvgIpc) is 3.33. The molecule has 0 saturated heterocycles. The third-order valence-corrected chi connectivity index (χ3v) is 5.73. The summed E-state index contributed by atoms with van der Waals surface area (Å²) >= 11 is 0. The van der Waals surface area contributed by atoms with E-state index in [1.54, 1.807) is 0 Å². The standard InChI is InChI=1S/C23H18F5N5O3/c1-32-20(35)23(31-21(32)29,13-9-17(19(34)36-2)33(10-13)11-22(26,27)28)12-5-6-16(24)15(8-12)14-4-3-7-30-18(14)25/h3-10H,11H2,1-2H3,(H2,29,31). The van der Waals surface area contributed by atoms with Crippen LogP contribution in [-0.2, 0) is 21.6 Å². The van der Waals surface area contributed by atoms with Crippen molar-refractivity contribution < 1.29 is 36.3 Å². The number of nitrogens with two attached hydrogens (primary N) is 1. The van der Waals surface area contributed by atoms with Crippen LogP contribution in [0.1, 0.15) is 21.6 Å². The van der Waals surface area contributed by atoms with Gasteiger partial charge in [0.05, 0.1) is 7.11 Å². The molecule has 3 aromatic rings. The minimum Gasteiger partial charge on any atom is -0.464 e. The van der Waals surface area contributed by atoms with Gasteiger partial charge in [0.25, 0.3) is 5.91 Å². The van der Waals surface area contributed by atoms with Crippen LogP contribution in [0.5, 0.6) is 0 Å². The van der Waals surface area contributed by atoms with Gasteiger partial charge in [0.15, 0.2) is 11.5 Å².